The molecule has 3 heteroatoms. The van der Waals surface area contributed by atoms with Gasteiger partial charge in [0.15, 0.2) is 0 Å². The topological polar surface area (TPSA) is 12.5 Å². The summed E-state index contributed by atoms with van der Waals surface area (Å²) in [5.41, 5.74) is 0. The van der Waals surface area contributed by atoms with Gasteiger partial charge in [0.05, 0.1) is 18.9 Å². The zero-order chi connectivity index (χ0) is 9.84. The highest BCUT2D eigenvalue weighted by Crippen LogP contribution is 2.17. The molecule has 0 radical (unpaired) electrons. The van der Waals surface area contributed by atoms with E-state index in [-0.39, 0.29) is 18.9 Å². The first-order valence-corrected chi connectivity index (χ1v) is 5.10. The Hall–Kier alpha value is -0.150. The molecule has 0 aromatic rings. The molecular weight excluding hydrogens is 169 g/mol. The normalized spacial score (nSPS) is 36.5. The summed E-state index contributed by atoms with van der Waals surface area (Å²) >= 11 is 0. The van der Waals surface area contributed by atoms with Crippen molar-refractivity contribution in [2.24, 2.45) is 0 Å². The van der Waals surface area contributed by atoms with Crippen molar-refractivity contribution >= 4 is 0 Å². The van der Waals surface area contributed by atoms with Crippen LogP contribution in [0.4, 0.5) is 4.39 Å². The summed E-state index contributed by atoms with van der Waals surface area (Å²) in [6, 6.07) is 0.419. The molecule has 0 N–H and O–H groups in total. The van der Waals surface area contributed by atoms with Crippen LogP contribution >= 0.6 is 0 Å². The predicted octanol–water partition coefficient (Wildman–Crippen LogP) is 1.84. The van der Waals surface area contributed by atoms with Gasteiger partial charge >= 0.3 is 0 Å². The van der Waals surface area contributed by atoms with E-state index >= 15 is 0 Å². The van der Waals surface area contributed by atoms with E-state index in [1.807, 2.05) is 0 Å². The SMILES string of the molecule is CC1CN(CCCF)C(C)C(C)O1. The summed E-state index contributed by atoms with van der Waals surface area (Å²) in [4.78, 5) is 2.32. The van der Waals surface area contributed by atoms with Crippen LogP contribution in [0.3, 0.4) is 0 Å². The Balaban J connectivity index is 2.41. The van der Waals surface area contributed by atoms with Crippen molar-refractivity contribution in [2.45, 2.75) is 45.4 Å². The third-order valence-electron chi connectivity index (χ3n) is 2.77. The van der Waals surface area contributed by atoms with E-state index in [2.05, 4.69) is 25.7 Å². The van der Waals surface area contributed by atoms with Gasteiger partial charge in [0.25, 0.3) is 0 Å². The lowest BCUT2D eigenvalue weighted by Crippen LogP contribution is -2.51. The fourth-order valence-corrected chi connectivity index (χ4v) is 1.87. The molecule has 1 heterocycles. The molecule has 3 atom stereocenters. The van der Waals surface area contributed by atoms with Gasteiger partial charge in [-0.2, -0.15) is 0 Å². The molecule has 2 nitrogen and oxygen atoms in total. The van der Waals surface area contributed by atoms with Gasteiger partial charge in [0, 0.05) is 19.1 Å². The van der Waals surface area contributed by atoms with E-state index in [9.17, 15) is 4.39 Å². The number of morpholine rings is 1. The van der Waals surface area contributed by atoms with E-state index in [1.54, 1.807) is 0 Å². The van der Waals surface area contributed by atoms with Crippen LogP contribution in [0, 0.1) is 0 Å². The molecule has 0 amide bonds. The van der Waals surface area contributed by atoms with Crippen LogP contribution in [0.25, 0.3) is 0 Å². The molecule has 78 valence electrons. The lowest BCUT2D eigenvalue weighted by atomic mass is 10.1. The fraction of sp³-hybridized carbons (Fsp3) is 1.00. The molecule has 3 unspecified atom stereocenters. The molecule has 0 aromatic heterocycles. The minimum absolute atomic E-state index is 0.215. The summed E-state index contributed by atoms with van der Waals surface area (Å²) < 4.78 is 17.7. The van der Waals surface area contributed by atoms with Crippen molar-refractivity contribution in [2.75, 3.05) is 19.8 Å². The first kappa shape index (κ1) is 10.9. The smallest absolute Gasteiger partial charge is 0.0906 e. The van der Waals surface area contributed by atoms with Crippen LogP contribution < -0.4 is 0 Å². The van der Waals surface area contributed by atoms with Crippen LogP contribution in [-0.2, 0) is 4.74 Å². The molecule has 0 aliphatic carbocycles. The molecule has 1 rings (SSSR count). The Morgan fingerprint density at radius 1 is 1.38 bits per heavy atom. The van der Waals surface area contributed by atoms with Gasteiger partial charge < -0.3 is 4.74 Å². The second-order valence-electron chi connectivity index (χ2n) is 3.93. The Morgan fingerprint density at radius 3 is 2.69 bits per heavy atom. The molecular formula is C10H20FNO. The number of halogens is 1. The molecule has 0 aromatic carbocycles. The second kappa shape index (κ2) is 4.91. The van der Waals surface area contributed by atoms with E-state index in [0.29, 0.717) is 12.5 Å². The van der Waals surface area contributed by atoms with Crippen molar-refractivity contribution in [3.05, 3.63) is 0 Å². The summed E-state index contributed by atoms with van der Waals surface area (Å²) in [6.07, 6.45) is 1.19. The highest BCUT2D eigenvalue weighted by atomic mass is 19.1. The first-order chi connectivity index (χ1) is 6.15. The minimum atomic E-state index is -0.215. The van der Waals surface area contributed by atoms with Crippen LogP contribution in [0.5, 0.6) is 0 Å². The van der Waals surface area contributed by atoms with Crippen LogP contribution in [0.15, 0.2) is 0 Å². The summed E-state index contributed by atoms with van der Waals surface area (Å²) in [6.45, 7) is 7.89. The van der Waals surface area contributed by atoms with Crippen molar-refractivity contribution in [1.29, 1.82) is 0 Å². The van der Waals surface area contributed by atoms with Crippen molar-refractivity contribution in [3.8, 4) is 0 Å². The Labute approximate surface area is 80.1 Å². The van der Waals surface area contributed by atoms with Gasteiger partial charge in [-0.05, 0) is 27.2 Å². The molecule has 1 aliphatic rings. The van der Waals surface area contributed by atoms with Gasteiger partial charge in [-0.1, -0.05) is 0 Å². The standard InChI is InChI=1S/C10H20FNO/c1-8-7-12(6-4-5-11)9(2)10(3)13-8/h8-10H,4-7H2,1-3H3. The number of rotatable bonds is 3. The Bertz CT molecular complexity index is 154. The third-order valence-corrected chi connectivity index (χ3v) is 2.77. The number of hydrogen-bond acceptors (Lipinski definition) is 2. The van der Waals surface area contributed by atoms with E-state index < -0.39 is 0 Å². The Morgan fingerprint density at radius 2 is 2.08 bits per heavy atom. The van der Waals surface area contributed by atoms with Gasteiger partial charge in [-0.25, -0.2) is 0 Å². The van der Waals surface area contributed by atoms with Crippen LogP contribution in [0.1, 0.15) is 27.2 Å². The monoisotopic (exact) mass is 189 g/mol. The van der Waals surface area contributed by atoms with Crippen LogP contribution in [0.2, 0.25) is 0 Å². The zero-order valence-electron chi connectivity index (χ0n) is 8.79. The van der Waals surface area contributed by atoms with Gasteiger partial charge in [0.1, 0.15) is 0 Å². The van der Waals surface area contributed by atoms with E-state index in [0.717, 1.165) is 13.1 Å². The van der Waals surface area contributed by atoms with E-state index in [4.69, 9.17) is 4.74 Å². The zero-order valence-corrected chi connectivity index (χ0v) is 8.79. The highest BCUT2D eigenvalue weighted by molar-refractivity contribution is 4.80. The lowest BCUT2D eigenvalue weighted by Gasteiger charge is -2.41. The Kier molecular flexibility index (Phi) is 4.13. The van der Waals surface area contributed by atoms with E-state index in [1.165, 1.54) is 0 Å². The lowest BCUT2D eigenvalue weighted by molar-refractivity contribution is -0.0992. The number of alkyl halides is 1. The number of hydrogen-bond donors (Lipinski definition) is 0. The van der Waals surface area contributed by atoms with Crippen molar-refractivity contribution in [1.82, 2.24) is 4.90 Å². The number of nitrogens with zero attached hydrogens (tertiary/aromatic N) is 1. The summed E-state index contributed by atoms with van der Waals surface area (Å²) in [5.74, 6) is 0. The third kappa shape index (κ3) is 2.92. The molecule has 13 heavy (non-hydrogen) atoms. The molecule has 1 fully saturated rings. The average Bonchev–Trinajstić information content (AvgIpc) is 2.09. The summed E-state index contributed by atoms with van der Waals surface area (Å²) in [7, 11) is 0. The maximum absolute atomic E-state index is 12.0. The largest absolute Gasteiger partial charge is 0.373 e. The molecule has 0 bridgehead atoms. The second-order valence-corrected chi connectivity index (χ2v) is 3.93. The number of ether oxygens (including phenoxy) is 1. The molecule has 1 saturated heterocycles. The average molecular weight is 189 g/mol. The van der Waals surface area contributed by atoms with Crippen LogP contribution in [-0.4, -0.2) is 42.9 Å². The van der Waals surface area contributed by atoms with Gasteiger partial charge in [-0.3, -0.25) is 9.29 Å². The molecule has 0 saturated carbocycles. The maximum Gasteiger partial charge on any atom is 0.0906 e. The van der Waals surface area contributed by atoms with Crippen molar-refractivity contribution in [3.63, 3.8) is 0 Å². The fourth-order valence-electron chi connectivity index (χ4n) is 1.87. The maximum atomic E-state index is 12.0. The quantitative estimate of drug-likeness (QED) is 0.671. The molecule has 1 aliphatic heterocycles. The predicted molar refractivity (Wildman–Crippen MR) is 51.6 cm³/mol. The highest BCUT2D eigenvalue weighted by Gasteiger charge is 2.28. The molecule has 0 spiro atoms. The minimum Gasteiger partial charge on any atom is -0.373 e. The van der Waals surface area contributed by atoms with Gasteiger partial charge in [-0.15, -0.1) is 0 Å². The van der Waals surface area contributed by atoms with Crippen molar-refractivity contribution < 1.29 is 9.13 Å². The first-order valence-electron chi connectivity index (χ1n) is 5.10. The summed E-state index contributed by atoms with van der Waals surface area (Å²) in [5, 5.41) is 0. The van der Waals surface area contributed by atoms with Gasteiger partial charge in [0.2, 0.25) is 0 Å².